The van der Waals surface area contributed by atoms with Gasteiger partial charge in [-0.2, -0.15) is 0 Å². The van der Waals surface area contributed by atoms with Gasteiger partial charge in [0.2, 0.25) is 6.10 Å². The summed E-state index contributed by atoms with van der Waals surface area (Å²) in [4.78, 5) is 24.9. The minimum atomic E-state index is -1.02. The topological polar surface area (TPSA) is 81.4 Å². The molecule has 24 heavy (non-hydrogen) atoms. The average molecular weight is 345 g/mol. The molecule has 0 radical (unpaired) electrons. The molecule has 5 nitrogen and oxygen atoms in total. The fraction of sp³-hybridized carbons (Fsp3) is 0.222. The molecule has 1 unspecified atom stereocenters. The zero-order valence-electron chi connectivity index (χ0n) is 12.9. The molecule has 124 valence electrons. The Bertz CT molecular complexity index is 760. The number of rotatable bonds is 5. The van der Waals surface area contributed by atoms with Gasteiger partial charge in [-0.3, -0.25) is 4.79 Å². The zero-order valence-corrected chi connectivity index (χ0v) is 13.6. The van der Waals surface area contributed by atoms with Crippen molar-refractivity contribution in [2.45, 2.75) is 25.0 Å². The van der Waals surface area contributed by atoms with Gasteiger partial charge >= 0.3 is 5.97 Å². The molecular weight excluding hydrogens is 328 g/mol. The van der Waals surface area contributed by atoms with Crippen molar-refractivity contribution in [3.63, 3.8) is 0 Å². The molecule has 0 saturated heterocycles. The molecule has 1 saturated carbocycles. The van der Waals surface area contributed by atoms with Crippen LogP contribution in [-0.4, -0.2) is 17.9 Å². The van der Waals surface area contributed by atoms with Crippen molar-refractivity contribution >= 4 is 29.2 Å². The van der Waals surface area contributed by atoms with Crippen molar-refractivity contribution in [2.24, 2.45) is 0 Å². The molecule has 0 heterocycles. The van der Waals surface area contributed by atoms with Gasteiger partial charge in [-0.25, -0.2) is 4.79 Å². The Hall–Kier alpha value is -2.53. The van der Waals surface area contributed by atoms with Crippen LogP contribution < -0.4 is 11.1 Å². The lowest BCUT2D eigenvalue weighted by Gasteiger charge is -2.18. The second-order valence-electron chi connectivity index (χ2n) is 5.71. The number of benzene rings is 2. The summed E-state index contributed by atoms with van der Waals surface area (Å²) in [6, 6.07) is 13.6. The van der Waals surface area contributed by atoms with Crippen molar-refractivity contribution in [3.8, 4) is 0 Å². The van der Waals surface area contributed by atoms with E-state index in [1.807, 2.05) is 6.07 Å². The number of anilines is 1. The fourth-order valence-corrected chi connectivity index (χ4v) is 2.48. The maximum absolute atomic E-state index is 12.5. The summed E-state index contributed by atoms with van der Waals surface area (Å²) in [6.07, 6.45) is 0.880. The average Bonchev–Trinajstić information content (AvgIpc) is 3.37. The van der Waals surface area contributed by atoms with Crippen LogP contribution in [0, 0.1) is 0 Å². The molecular formula is C18H17ClN2O3. The first-order valence-electron chi connectivity index (χ1n) is 7.66. The molecule has 0 spiro atoms. The number of hydrogen-bond donors (Lipinski definition) is 2. The maximum Gasteiger partial charge on any atom is 0.341 e. The summed E-state index contributed by atoms with van der Waals surface area (Å²) in [6.45, 7) is 0. The first kappa shape index (κ1) is 16.3. The fourth-order valence-electron chi connectivity index (χ4n) is 2.30. The van der Waals surface area contributed by atoms with Gasteiger partial charge in [0.1, 0.15) is 0 Å². The number of hydrogen-bond acceptors (Lipinski definition) is 4. The Labute approximate surface area is 144 Å². The second-order valence-corrected chi connectivity index (χ2v) is 6.15. The first-order chi connectivity index (χ1) is 11.5. The Morgan fingerprint density at radius 3 is 2.50 bits per heavy atom. The lowest BCUT2D eigenvalue weighted by molar-refractivity contribution is -0.130. The highest BCUT2D eigenvalue weighted by molar-refractivity contribution is 6.31. The number of nitrogen functional groups attached to an aromatic ring is 1. The molecule has 6 heteroatoms. The summed E-state index contributed by atoms with van der Waals surface area (Å²) in [5.74, 6) is -0.992. The molecule has 1 aliphatic carbocycles. The Morgan fingerprint density at radius 2 is 1.88 bits per heavy atom. The Morgan fingerprint density at radius 1 is 1.17 bits per heavy atom. The summed E-state index contributed by atoms with van der Waals surface area (Å²) in [5, 5.41) is 3.29. The highest BCUT2D eigenvalue weighted by Crippen LogP contribution is 2.25. The SMILES string of the molecule is Nc1cc(Cl)ccc1C(=O)OC(C(=O)NC1CC1)c1ccccc1. The van der Waals surface area contributed by atoms with Gasteiger partial charge in [0, 0.05) is 22.3 Å². The van der Waals surface area contributed by atoms with E-state index in [4.69, 9.17) is 22.1 Å². The van der Waals surface area contributed by atoms with Crippen molar-refractivity contribution in [3.05, 3.63) is 64.7 Å². The maximum atomic E-state index is 12.5. The number of carbonyl (C=O) groups is 2. The minimum Gasteiger partial charge on any atom is -0.444 e. The van der Waals surface area contributed by atoms with Crippen molar-refractivity contribution in [2.75, 3.05) is 5.73 Å². The number of halogens is 1. The van der Waals surface area contributed by atoms with Crippen molar-refractivity contribution < 1.29 is 14.3 Å². The molecule has 1 aliphatic rings. The molecule has 3 N–H and O–H groups in total. The van der Waals surface area contributed by atoms with E-state index in [-0.39, 0.29) is 23.2 Å². The van der Waals surface area contributed by atoms with Crippen LogP contribution in [0.25, 0.3) is 0 Å². The van der Waals surface area contributed by atoms with Crippen molar-refractivity contribution in [1.82, 2.24) is 5.32 Å². The predicted molar refractivity (Wildman–Crippen MR) is 91.6 cm³/mol. The normalized spacial score (nSPS) is 14.7. The molecule has 0 bridgehead atoms. The number of esters is 1. The van der Waals surface area contributed by atoms with Gasteiger partial charge in [-0.05, 0) is 31.0 Å². The number of nitrogens with one attached hydrogen (secondary N) is 1. The summed E-state index contributed by atoms with van der Waals surface area (Å²) < 4.78 is 5.46. The second kappa shape index (κ2) is 6.93. The number of ether oxygens (including phenoxy) is 1. The quantitative estimate of drug-likeness (QED) is 0.645. The van der Waals surface area contributed by atoms with Gasteiger partial charge in [0.05, 0.1) is 5.56 Å². The highest BCUT2D eigenvalue weighted by atomic mass is 35.5. The van der Waals surface area contributed by atoms with Gasteiger partial charge in [-0.15, -0.1) is 0 Å². The van der Waals surface area contributed by atoms with Crippen LogP contribution in [-0.2, 0) is 9.53 Å². The standard InChI is InChI=1S/C18H17ClN2O3/c19-12-6-9-14(15(20)10-12)18(23)24-16(11-4-2-1-3-5-11)17(22)21-13-7-8-13/h1-6,9-10,13,16H,7-8,20H2,(H,21,22). The van der Waals surface area contributed by atoms with Gasteiger partial charge in [0.25, 0.3) is 5.91 Å². The van der Waals surface area contributed by atoms with Crippen LogP contribution in [0.15, 0.2) is 48.5 Å². The summed E-state index contributed by atoms with van der Waals surface area (Å²) >= 11 is 5.84. The third-order valence-corrected chi connectivity index (χ3v) is 3.96. The van der Waals surface area contributed by atoms with Crippen LogP contribution in [0.2, 0.25) is 5.02 Å². The van der Waals surface area contributed by atoms with E-state index in [1.54, 1.807) is 30.3 Å². The number of carbonyl (C=O) groups excluding carboxylic acids is 2. The van der Waals surface area contributed by atoms with Crippen LogP contribution >= 0.6 is 11.6 Å². The number of nitrogens with two attached hydrogens (primary N) is 1. The third kappa shape index (κ3) is 3.86. The van der Waals surface area contributed by atoms with Crippen molar-refractivity contribution in [1.29, 1.82) is 0 Å². The van der Waals surface area contributed by atoms with Crippen LogP contribution in [0.5, 0.6) is 0 Å². The lowest BCUT2D eigenvalue weighted by atomic mass is 10.1. The first-order valence-corrected chi connectivity index (χ1v) is 8.03. The van der Waals surface area contributed by atoms with E-state index >= 15 is 0 Å². The van der Waals surface area contributed by atoms with Crippen LogP contribution in [0.4, 0.5) is 5.69 Å². The molecule has 0 aliphatic heterocycles. The van der Waals surface area contributed by atoms with E-state index < -0.39 is 12.1 Å². The molecule has 2 aromatic rings. The van der Waals surface area contributed by atoms with E-state index in [2.05, 4.69) is 5.32 Å². The minimum absolute atomic E-state index is 0.169. The van der Waals surface area contributed by atoms with Gasteiger partial charge in [0.15, 0.2) is 0 Å². The predicted octanol–water partition coefficient (Wildman–Crippen LogP) is 3.10. The Balaban J connectivity index is 1.82. The molecule has 1 atom stereocenters. The Kier molecular flexibility index (Phi) is 4.71. The van der Waals surface area contributed by atoms with E-state index in [0.29, 0.717) is 10.6 Å². The van der Waals surface area contributed by atoms with Gasteiger partial charge in [-0.1, -0.05) is 41.9 Å². The zero-order chi connectivity index (χ0) is 17.1. The number of amides is 1. The lowest BCUT2D eigenvalue weighted by Crippen LogP contribution is -2.33. The molecule has 1 amide bonds. The summed E-state index contributed by atoms with van der Waals surface area (Å²) in [5.41, 5.74) is 6.82. The molecule has 2 aromatic carbocycles. The molecule has 0 aromatic heterocycles. The van der Waals surface area contributed by atoms with Gasteiger partial charge < -0.3 is 15.8 Å². The molecule has 3 rings (SSSR count). The largest absolute Gasteiger partial charge is 0.444 e. The monoisotopic (exact) mass is 344 g/mol. The van der Waals surface area contributed by atoms with E-state index in [0.717, 1.165) is 12.8 Å². The van der Waals surface area contributed by atoms with Crippen LogP contribution in [0.1, 0.15) is 34.9 Å². The highest BCUT2D eigenvalue weighted by Gasteiger charge is 2.31. The molecule has 1 fully saturated rings. The third-order valence-electron chi connectivity index (χ3n) is 3.72. The smallest absolute Gasteiger partial charge is 0.341 e. The van der Waals surface area contributed by atoms with E-state index in [1.165, 1.54) is 12.1 Å². The summed E-state index contributed by atoms with van der Waals surface area (Å²) in [7, 11) is 0. The van der Waals surface area contributed by atoms with Crippen LogP contribution in [0.3, 0.4) is 0 Å². The van der Waals surface area contributed by atoms with E-state index in [9.17, 15) is 9.59 Å².